The first-order valence-corrected chi connectivity index (χ1v) is 9.59. The third-order valence-corrected chi connectivity index (χ3v) is 8.89. The lowest BCUT2D eigenvalue weighted by Crippen LogP contribution is -2.55. The summed E-state index contributed by atoms with van der Waals surface area (Å²) in [6, 6.07) is 0. The Morgan fingerprint density at radius 1 is 0.955 bits per heavy atom. The zero-order valence-corrected chi connectivity index (χ0v) is 14.7. The van der Waals surface area contributed by atoms with Crippen LogP contribution in [-0.4, -0.2) is 22.4 Å². The van der Waals surface area contributed by atoms with Gasteiger partial charge in [0.05, 0.1) is 12.2 Å². The molecule has 2 nitrogen and oxygen atoms in total. The summed E-state index contributed by atoms with van der Waals surface area (Å²) >= 11 is 0. The van der Waals surface area contributed by atoms with Gasteiger partial charge < -0.3 is 10.2 Å². The van der Waals surface area contributed by atoms with Crippen LogP contribution < -0.4 is 0 Å². The van der Waals surface area contributed by atoms with Crippen molar-refractivity contribution in [2.75, 3.05) is 6.61 Å². The lowest BCUT2D eigenvalue weighted by molar-refractivity contribution is -0.145. The Balaban J connectivity index is 1.72. The fourth-order valence-electron chi connectivity index (χ4n) is 8.13. The first-order chi connectivity index (χ1) is 10.3. The van der Waals surface area contributed by atoms with Crippen LogP contribution >= 0.6 is 0 Å². The van der Waals surface area contributed by atoms with E-state index in [1.54, 1.807) is 0 Å². The van der Waals surface area contributed by atoms with E-state index in [0.29, 0.717) is 22.2 Å². The van der Waals surface area contributed by atoms with Crippen LogP contribution in [0.4, 0.5) is 0 Å². The standard InChI is InChI=1S/C20H34O2/c1-17(2)8-4-9-18(3)15(17)7-10-19-11-14(5-6-16(18)19)20(22,12-19)13-21/h14-16,21-22H,4-13H2,1-3H3/t14?,15-,16?,18-,19?,20+/m1/s1. The van der Waals surface area contributed by atoms with E-state index in [1.165, 1.54) is 44.9 Å². The van der Waals surface area contributed by atoms with E-state index >= 15 is 0 Å². The van der Waals surface area contributed by atoms with Crippen molar-refractivity contribution < 1.29 is 10.2 Å². The molecule has 0 heterocycles. The van der Waals surface area contributed by atoms with Crippen molar-refractivity contribution in [2.24, 2.45) is 34.0 Å². The molecule has 0 amide bonds. The maximum Gasteiger partial charge on any atom is 0.0910 e. The molecule has 2 N–H and O–H groups in total. The second-order valence-electron chi connectivity index (χ2n) is 10.3. The predicted molar refractivity (Wildman–Crippen MR) is 88.4 cm³/mol. The zero-order valence-electron chi connectivity index (χ0n) is 14.7. The van der Waals surface area contributed by atoms with Crippen LogP contribution in [0, 0.1) is 34.0 Å². The fourth-order valence-corrected chi connectivity index (χ4v) is 8.13. The largest absolute Gasteiger partial charge is 0.393 e. The van der Waals surface area contributed by atoms with Crippen molar-refractivity contribution in [1.29, 1.82) is 0 Å². The summed E-state index contributed by atoms with van der Waals surface area (Å²) in [5.74, 6) is 1.98. The van der Waals surface area contributed by atoms with Gasteiger partial charge in [-0.3, -0.25) is 0 Å². The number of aliphatic hydroxyl groups excluding tert-OH is 1. The molecule has 22 heavy (non-hydrogen) atoms. The molecule has 6 atom stereocenters. The Hall–Kier alpha value is -0.0800. The highest BCUT2D eigenvalue weighted by Crippen LogP contribution is 2.72. The molecule has 0 saturated heterocycles. The summed E-state index contributed by atoms with van der Waals surface area (Å²) in [7, 11) is 0. The normalized spacial score (nSPS) is 56.3. The van der Waals surface area contributed by atoms with Crippen molar-refractivity contribution in [3.05, 3.63) is 0 Å². The Bertz CT molecular complexity index is 472. The molecule has 126 valence electrons. The summed E-state index contributed by atoms with van der Waals surface area (Å²) in [4.78, 5) is 0. The van der Waals surface area contributed by atoms with Crippen molar-refractivity contribution in [1.82, 2.24) is 0 Å². The minimum Gasteiger partial charge on any atom is -0.393 e. The van der Waals surface area contributed by atoms with Gasteiger partial charge in [0.25, 0.3) is 0 Å². The maximum atomic E-state index is 10.9. The van der Waals surface area contributed by atoms with Crippen molar-refractivity contribution in [3.63, 3.8) is 0 Å². The van der Waals surface area contributed by atoms with Crippen molar-refractivity contribution in [3.8, 4) is 0 Å². The minimum absolute atomic E-state index is 0.0300. The van der Waals surface area contributed by atoms with E-state index in [9.17, 15) is 10.2 Å². The second kappa shape index (κ2) is 4.51. The molecule has 0 aromatic heterocycles. The molecule has 4 aliphatic rings. The average Bonchev–Trinajstić information content (AvgIpc) is 2.65. The number of rotatable bonds is 1. The van der Waals surface area contributed by atoms with Gasteiger partial charge in [-0.2, -0.15) is 0 Å². The number of hydrogen-bond acceptors (Lipinski definition) is 2. The molecular weight excluding hydrogens is 272 g/mol. The van der Waals surface area contributed by atoms with Crippen LogP contribution in [0.1, 0.15) is 78.6 Å². The molecule has 0 radical (unpaired) electrons. The highest BCUT2D eigenvalue weighted by Gasteiger charge is 2.66. The number of fused-ring (bicyclic) bond motifs is 3. The SMILES string of the molecule is CC1(C)CCC[C@@]2(C)C3CCC4CC3(CC[C@H]12)C[C@]4(O)CO. The van der Waals surface area contributed by atoms with E-state index in [2.05, 4.69) is 20.8 Å². The third-order valence-electron chi connectivity index (χ3n) is 8.89. The summed E-state index contributed by atoms with van der Waals surface area (Å²) in [5, 5.41) is 20.7. The third kappa shape index (κ3) is 1.80. The van der Waals surface area contributed by atoms with Crippen molar-refractivity contribution in [2.45, 2.75) is 84.2 Å². The van der Waals surface area contributed by atoms with E-state index < -0.39 is 5.60 Å². The van der Waals surface area contributed by atoms with Gasteiger partial charge in [-0.15, -0.1) is 0 Å². The minimum atomic E-state index is -0.776. The van der Waals surface area contributed by atoms with Gasteiger partial charge in [0.1, 0.15) is 0 Å². The monoisotopic (exact) mass is 306 g/mol. The quantitative estimate of drug-likeness (QED) is 0.764. The predicted octanol–water partition coefficient (Wildman–Crippen LogP) is 4.14. The van der Waals surface area contributed by atoms with Gasteiger partial charge in [0.2, 0.25) is 0 Å². The molecule has 0 aromatic carbocycles. The highest BCUT2D eigenvalue weighted by atomic mass is 16.3. The molecule has 4 rings (SSSR count). The van der Waals surface area contributed by atoms with Gasteiger partial charge in [0, 0.05) is 0 Å². The zero-order chi connectivity index (χ0) is 15.8. The van der Waals surface area contributed by atoms with Crippen LogP contribution in [0.3, 0.4) is 0 Å². The van der Waals surface area contributed by atoms with Crippen LogP contribution in [-0.2, 0) is 0 Å². The van der Waals surface area contributed by atoms with E-state index in [4.69, 9.17) is 0 Å². The van der Waals surface area contributed by atoms with Gasteiger partial charge in [-0.1, -0.05) is 27.2 Å². The first kappa shape index (κ1) is 15.4. The number of aliphatic hydroxyl groups is 2. The van der Waals surface area contributed by atoms with Gasteiger partial charge >= 0.3 is 0 Å². The fraction of sp³-hybridized carbons (Fsp3) is 1.00. The van der Waals surface area contributed by atoms with E-state index in [-0.39, 0.29) is 6.61 Å². The van der Waals surface area contributed by atoms with Crippen LogP contribution in [0.5, 0.6) is 0 Å². The summed E-state index contributed by atoms with van der Waals surface area (Å²) in [5.41, 5.74) is 0.504. The van der Waals surface area contributed by atoms with Gasteiger partial charge in [0.15, 0.2) is 0 Å². The molecule has 2 heteroatoms. The van der Waals surface area contributed by atoms with Crippen LogP contribution in [0.25, 0.3) is 0 Å². The molecule has 3 unspecified atom stereocenters. The topological polar surface area (TPSA) is 40.5 Å². The lowest BCUT2D eigenvalue weighted by Gasteiger charge is -2.64. The molecule has 4 fully saturated rings. The average molecular weight is 306 g/mol. The Morgan fingerprint density at radius 2 is 1.73 bits per heavy atom. The Morgan fingerprint density at radius 3 is 2.45 bits per heavy atom. The molecular formula is C20H34O2. The smallest absolute Gasteiger partial charge is 0.0910 e. The van der Waals surface area contributed by atoms with Crippen LogP contribution in [0.15, 0.2) is 0 Å². The van der Waals surface area contributed by atoms with Crippen molar-refractivity contribution >= 4 is 0 Å². The molecule has 4 aliphatic carbocycles. The highest BCUT2D eigenvalue weighted by molar-refractivity contribution is 5.16. The molecule has 1 spiro atoms. The van der Waals surface area contributed by atoms with Gasteiger partial charge in [-0.05, 0) is 85.4 Å². The molecule has 2 bridgehead atoms. The number of hydrogen-bond donors (Lipinski definition) is 2. The summed E-state index contributed by atoms with van der Waals surface area (Å²) in [6.45, 7) is 7.55. The molecule has 4 saturated carbocycles. The molecule has 0 aliphatic heterocycles. The Kier molecular flexibility index (Phi) is 3.16. The first-order valence-electron chi connectivity index (χ1n) is 9.59. The maximum absolute atomic E-state index is 10.9. The van der Waals surface area contributed by atoms with E-state index in [0.717, 1.165) is 24.7 Å². The summed E-state index contributed by atoms with van der Waals surface area (Å²) < 4.78 is 0. The Labute approximate surface area is 135 Å². The summed E-state index contributed by atoms with van der Waals surface area (Å²) in [6.07, 6.45) is 11.2. The van der Waals surface area contributed by atoms with E-state index in [1.807, 2.05) is 0 Å². The lowest BCUT2D eigenvalue weighted by atomic mass is 9.41. The molecule has 0 aromatic rings. The second-order valence-corrected chi connectivity index (χ2v) is 10.3. The van der Waals surface area contributed by atoms with Crippen LogP contribution in [0.2, 0.25) is 0 Å². The van der Waals surface area contributed by atoms with Gasteiger partial charge in [-0.25, -0.2) is 0 Å².